The summed E-state index contributed by atoms with van der Waals surface area (Å²) >= 11 is 0. The van der Waals surface area contributed by atoms with Gasteiger partial charge in [-0.1, -0.05) is 43.3 Å². The standard InChI is InChI=1S/C20H23NO2/c1-13-10-15(18(22)23)17-16(11-13)20(4,12-19(2,3)21-17)14-8-6-5-7-9-14/h5-11,21H,12H2,1-4H3,(H,22,23)/t20-/m1/s1. The molecule has 2 aromatic rings. The van der Waals surface area contributed by atoms with Gasteiger partial charge in [-0.15, -0.1) is 0 Å². The van der Waals surface area contributed by atoms with Gasteiger partial charge in [0.1, 0.15) is 0 Å². The highest BCUT2D eigenvalue weighted by atomic mass is 16.4. The number of carboxylic acids is 1. The predicted molar refractivity (Wildman–Crippen MR) is 93.4 cm³/mol. The molecule has 0 unspecified atom stereocenters. The topological polar surface area (TPSA) is 49.3 Å². The second-order valence-electron chi connectivity index (χ2n) is 7.42. The van der Waals surface area contributed by atoms with E-state index in [1.807, 2.05) is 25.1 Å². The molecular weight excluding hydrogens is 286 g/mol. The fraction of sp³-hybridized carbons (Fsp3) is 0.350. The van der Waals surface area contributed by atoms with Crippen LogP contribution < -0.4 is 5.32 Å². The molecule has 1 atom stereocenters. The van der Waals surface area contributed by atoms with E-state index in [9.17, 15) is 9.90 Å². The van der Waals surface area contributed by atoms with Crippen LogP contribution in [0.1, 0.15) is 54.2 Å². The fourth-order valence-corrected chi connectivity index (χ4v) is 3.95. The SMILES string of the molecule is Cc1cc(C(=O)O)c2c(c1)[C@@](C)(c1ccccc1)CC(C)(C)N2. The van der Waals surface area contributed by atoms with Gasteiger partial charge >= 0.3 is 5.97 Å². The molecule has 0 saturated carbocycles. The maximum absolute atomic E-state index is 11.7. The minimum Gasteiger partial charge on any atom is -0.478 e. The lowest BCUT2D eigenvalue weighted by atomic mass is 9.65. The van der Waals surface area contributed by atoms with Crippen molar-refractivity contribution in [2.45, 2.75) is 45.1 Å². The highest BCUT2D eigenvalue weighted by Crippen LogP contribution is 2.48. The van der Waals surface area contributed by atoms with E-state index in [2.05, 4.69) is 44.3 Å². The molecule has 2 N–H and O–H groups in total. The Hall–Kier alpha value is -2.29. The van der Waals surface area contributed by atoms with Gasteiger partial charge in [0.15, 0.2) is 0 Å². The molecule has 0 fully saturated rings. The van der Waals surface area contributed by atoms with Crippen LogP contribution in [0.15, 0.2) is 42.5 Å². The Morgan fingerprint density at radius 1 is 1.13 bits per heavy atom. The molecule has 1 heterocycles. The first-order chi connectivity index (χ1) is 10.7. The van der Waals surface area contributed by atoms with Crippen molar-refractivity contribution < 1.29 is 9.90 Å². The lowest BCUT2D eigenvalue weighted by Crippen LogP contribution is -2.45. The van der Waals surface area contributed by atoms with Crippen molar-refractivity contribution in [1.29, 1.82) is 0 Å². The molecular formula is C20H23NO2. The van der Waals surface area contributed by atoms with Gasteiger partial charge in [0, 0.05) is 11.0 Å². The van der Waals surface area contributed by atoms with Crippen molar-refractivity contribution in [3.63, 3.8) is 0 Å². The molecule has 2 aromatic carbocycles. The van der Waals surface area contributed by atoms with Gasteiger partial charge in [-0.3, -0.25) is 0 Å². The number of carboxylic acid groups (broad SMARTS) is 1. The van der Waals surface area contributed by atoms with Crippen molar-refractivity contribution in [2.75, 3.05) is 5.32 Å². The second-order valence-corrected chi connectivity index (χ2v) is 7.42. The summed E-state index contributed by atoms with van der Waals surface area (Å²) in [5.74, 6) is -0.884. The van der Waals surface area contributed by atoms with Crippen molar-refractivity contribution in [3.05, 3.63) is 64.7 Å². The molecule has 3 heteroatoms. The number of hydrogen-bond acceptors (Lipinski definition) is 2. The molecule has 120 valence electrons. The summed E-state index contributed by atoms with van der Waals surface area (Å²) < 4.78 is 0. The average Bonchev–Trinajstić information content (AvgIpc) is 2.47. The molecule has 0 aliphatic carbocycles. The molecule has 0 aromatic heterocycles. The van der Waals surface area contributed by atoms with Crippen LogP contribution in [-0.4, -0.2) is 16.6 Å². The summed E-state index contributed by atoms with van der Waals surface area (Å²) in [4.78, 5) is 11.7. The van der Waals surface area contributed by atoms with Crippen LogP contribution in [-0.2, 0) is 5.41 Å². The molecule has 0 saturated heterocycles. The van der Waals surface area contributed by atoms with Gasteiger partial charge in [0.05, 0.1) is 11.3 Å². The molecule has 0 amide bonds. The van der Waals surface area contributed by atoms with E-state index in [0.717, 1.165) is 23.2 Å². The Balaban J connectivity index is 2.32. The highest BCUT2D eigenvalue weighted by molar-refractivity contribution is 5.96. The summed E-state index contributed by atoms with van der Waals surface area (Å²) in [7, 11) is 0. The Kier molecular flexibility index (Phi) is 3.47. The van der Waals surface area contributed by atoms with Gasteiger partial charge in [0.2, 0.25) is 0 Å². The van der Waals surface area contributed by atoms with Crippen LogP contribution in [0, 0.1) is 6.92 Å². The minimum absolute atomic E-state index is 0.183. The minimum atomic E-state index is -0.884. The van der Waals surface area contributed by atoms with Crippen molar-refractivity contribution in [3.8, 4) is 0 Å². The van der Waals surface area contributed by atoms with E-state index in [1.165, 1.54) is 5.56 Å². The molecule has 3 rings (SSSR count). The van der Waals surface area contributed by atoms with E-state index >= 15 is 0 Å². The fourth-order valence-electron chi connectivity index (χ4n) is 3.95. The van der Waals surface area contributed by atoms with E-state index < -0.39 is 5.97 Å². The van der Waals surface area contributed by atoms with E-state index in [0.29, 0.717) is 5.56 Å². The van der Waals surface area contributed by atoms with Crippen LogP contribution in [0.2, 0.25) is 0 Å². The van der Waals surface area contributed by atoms with Crippen LogP contribution in [0.4, 0.5) is 5.69 Å². The molecule has 0 radical (unpaired) electrons. The summed E-state index contributed by atoms with van der Waals surface area (Å²) in [6, 6.07) is 14.2. The van der Waals surface area contributed by atoms with Gasteiger partial charge in [-0.2, -0.15) is 0 Å². The van der Waals surface area contributed by atoms with Crippen LogP contribution in [0.25, 0.3) is 0 Å². The second kappa shape index (κ2) is 5.12. The van der Waals surface area contributed by atoms with Gasteiger partial charge in [-0.05, 0) is 49.9 Å². The van der Waals surface area contributed by atoms with E-state index in [-0.39, 0.29) is 11.0 Å². The van der Waals surface area contributed by atoms with Crippen molar-refractivity contribution in [1.82, 2.24) is 0 Å². The first kappa shape index (κ1) is 15.6. The zero-order valence-corrected chi connectivity index (χ0v) is 14.1. The molecule has 3 nitrogen and oxygen atoms in total. The quantitative estimate of drug-likeness (QED) is 0.853. The molecule has 1 aliphatic heterocycles. The first-order valence-electron chi connectivity index (χ1n) is 7.95. The third kappa shape index (κ3) is 2.61. The molecule has 1 aliphatic rings. The first-order valence-corrected chi connectivity index (χ1v) is 7.95. The number of aromatic carboxylic acids is 1. The van der Waals surface area contributed by atoms with Crippen molar-refractivity contribution in [2.24, 2.45) is 0 Å². The summed E-state index contributed by atoms with van der Waals surface area (Å²) in [6.07, 6.45) is 0.902. The predicted octanol–water partition coefficient (Wildman–Crippen LogP) is 4.59. The van der Waals surface area contributed by atoms with Gasteiger partial charge in [0.25, 0.3) is 0 Å². The Morgan fingerprint density at radius 2 is 1.78 bits per heavy atom. The van der Waals surface area contributed by atoms with Crippen LogP contribution in [0.5, 0.6) is 0 Å². The maximum atomic E-state index is 11.7. The Labute approximate surface area is 137 Å². The number of benzene rings is 2. The zero-order chi connectivity index (χ0) is 16.8. The van der Waals surface area contributed by atoms with Crippen LogP contribution in [0.3, 0.4) is 0 Å². The number of nitrogens with one attached hydrogen (secondary N) is 1. The Morgan fingerprint density at radius 3 is 2.39 bits per heavy atom. The lowest BCUT2D eigenvalue weighted by molar-refractivity contribution is 0.0697. The smallest absolute Gasteiger partial charge is 0.337 e. The summed E-state index contributed by atoms with van der Waals surface area (Å²) in [6.45, 7) is 8.43. The van der Waals surface area contributed by atoms with Crippen LogP contribution >= 0.6 is 0 Å². The van der Waals surface area contributed by atoms with Crippen molar-refractivity contribution >= 4 is 11.7 Å². The van der Waals surface area contributed by atoms with Gasteiger partial charge in [-0.25, -0.2) is 4.79 Å². The lowest BCUT2D eigenvalue weighted by Gasteiger charge is -2.46. The van der Waals surface area contributed by atoms with Gasteiger partial charge < -0.3 is 10.4 Å². The third-order valence-corrected chi connectivity index (χ3v) is 4.78. The largest absolute Gasteiger partial charge is 0.478 e. The number of rotatable bonds is 2. The number of anilines is 1. The zero-order valence-electron chi connectivity index (χ0n) is 14.1. The average molecular weight is 309 g/mol. The number of hydrogen-bond donors (Lipinski definition) is 2. The third-order valence-electron chi connectivity index (χ3n) is 4.78. The highest BCUT2D eigenvalue weighted by Gasteiger charge is 2.43. The summed E-state index contributed by atoms with van der Waals surface area (Å²) in [5.41, 5.74) is 3.97. The number of aryl methyl sites for hydroxylation is 1. The Bertz CT molecular complexity index is 765. The van der Waals surface area contributed by atoms with E-state index in [1.54, 1.807) is 6.07 Å². The molecule has 0 bridgehead atoms. The molecule has 23 heavy (non-hydrogen) atoms. The molecule has 0 spiro atoms. The summed E-state index contributed by atoms with van der Waals surface area (Å²) in [5, 5.41) is 13.1. The maximum Gasteiger partial charge on any atom is 0.337 e. The monoisotopic (exact) mass is 309 g/mol. The van der Waals surface area contributed by atoms with E-state index in [4.69, 9.17) is 0 Å². The number of carbonyl (C=O) groups is 1. The normalized spacial score (nSPS) is 22.1. The number of fused-ring (bicyclic) bond motifs is 1.